The lowest BCUT2D eigenvalue weighted by Crippen LogP contribution is -2.22. The predicted octanol–water partition coefficient (Wildman–Crippen LogP) is 1.16. The molecule has 0 atom stereocenters. The van der Waals surface area contributed by atoms with Crippen LogP contribution in [0.2, 0.25) is 0 Å². The zero-order valence-electron chi connectivity index (χ0n) is 8.73. The zero-order chi connectivity index (χ0) is 12.2. The van der Waals surface area contributed by atoms with E-state index >= 15 is 0 Å². The number of hydrogen-bond acceptors (Lipinski definition) is 4. The maximum absolute atomic E-state index is 11.4. The van der Waals surface area contributed by atoms with E-state index < -0.39 is 10.0 Å². The second-order valence-electron chi connectivity index (χ2n) is 3.06. The van der Waals surface area contributed by atoms with Crippen molar-refractivity contribution < 1.29 is 13.2 Å². The quantitative estimate of drug-likeness (QED) is 0.855. The minimum Gasteiger partial charge on any atom is -0.496 e. The second-order valence-corrected chi connectivity index (χ2v) is 5.76. The van der Waals surface area contributed by atoms with Crippen LogP contribution in [0.4, 0.5) is 5.69 Å². The lowest BCUT2D eigenvalue weighted by atomic mass is 10.3. The summed E-state index contributed by atoms with van der Waals surface area (Å²) in [6, 6.07) is 4.93. The van der Waals surface area contributed by atoms with Crippen molar-refractivity contribution in [3.8, 4) is 5.75 Å². The third-order valence-electron chi connectivity index (χ3n) is 1.81. The standard InChI is InChI=1S/C9H13BrN2O3S/c1-15-9-3-2-7(6-8(9)10)12-16(13,14)5-4-11/h2-3,6,12H,4-5,11H2,1H3. The Morgan fingerprint density at radius 1 is 1.50 bits per heavy atom. The van der Waals surface area contributed by atoms with E-state index in [9.17, 15) is 8.42 Å². The summed E-state index contributed by atoms with van der Waals surface area (Å²) in [5.41, 5.74) is 5.67. The van der Waals surface area contributed by atoms with Crippen molar-refractivity contribution in [1.29, 1.82) is 0 Å². The summed E-state index contributed by atoms with van der Waals surface area (Å²) in [5.74, 6) is 0.540. The molecule has 90 valence electrons. The third kappa shape index (κ3) is 3.66. The van der Waals surface area contributed by atoms with Crippen LogP contribution in [-0.4, -0.2) is 27.8 Å². The van der Waals surface area contributed by atoms with Gasteiger partial charge in [0.05, 0.1) is 17.3 Å². The van der Waals surface area contributed by atoms with Gasteiger partial charge in [0.2, 0.25) is 10.0 Å². The molecule has 0 heterocycles. The predicted molar refractivity (Wildman–Crippen MR) is 67.2 cm³/mol. The van der Waals surface area contributed by atoms with Crippen LogP contribution >= 0.6 is 15.9 Å². The molecule has 0 unspecified atom stereocenters. The molecule has 16 heavy (non-hydrogen) atoms. The number of ether oxygens (including phenoxy) is 1. The molecule has 0 fully saturated rings. The van der Waals surface area contributed by atoms with Gasteiger partial charge in [-0.25, -0.2) is 8.42 Å². The van der Waals surface area contributed by atoms with E-state index in [4.69, 9.17) is 10.5 Å². The van der Waals surface area contributed by atoms with Gasteiger partial charge < -0.3 is 10.5 Å². The largest absolute Gasteiger partial charge is 0.496 e. The molecular formula is C9H13BrN2O3S. The number of methoxy groups -OCH3 is 1. The Bertz CT molecular complexity index is 462. The van der Waals surface area contributed by atoms with E-state index in [1.807, 2.05) is 0 Å². The van der Waals surface area contributed by atoms with Crippen LogP contribution in [0.15, 0.2) is 22.7 Å². The molecule has 0 saturated heterocycles. The number of nitrogens with two attached hydrogens (primary N) is 1. The summed E-state index contributed by atoms with van der Waals surface area (Å²) in [5, 5.41) is 0. The molecule has 7 heteroatoms. The van der Waals surface area contributed by atoms with E-state index in [1.54, 1.807) is 25.3 Å². The molecule has 0 saturated carbocycles. The normalized spacial score (nSPS) is 11.2. The second kappa shape index (κ2) is 5.51. The van der Waals surface area contributed by atoms with Crippen LogP contribution < -0.4 is 15.2 Å². The van der Waals surface area contributed by atoms with Crippen LogP contribution in [-0.2, 0) is 10.0 Å². The number of benzene rings is 1. The third-order valence-corrected chi connectivity index (χ3v) is 3.75. The first-order chi connectivity index (χ1) is 7.48. The Labute approximate surface area is 103 Å². The minimum absolute atomic E-state index is 0.0899. The molecule has 0 aliphatic heterocycles. The number of hydrogen-bond donors (Lipinski definition) is 2. The molecule has 3 N–H and O–H groups in total. The summed E-state index contributed by atoms with van der Waals surface area (Å²) in [6.07, 6.45) is 0. The Morgan fingerprint density at radius 2 is 2.19 bits per heavy atom. The van der Waals surface area contributed by atoms with Crippen molar-refractivity contribution in [3.63, 3.8) is 0 Å². The van der Waals surface area contributed by atoms with Gasteiger partial charge >= 0.3 is 0 Å². The average Bonchev–Trinajstić information content (AvgIpc) is 2.17. The molecule has 5 nitrogen and oxygen atoms in total. The molecule has 0 aliphatic rings. The number of sulfonamides is 1. The highest BCUT2D eigenvalue weighted by Gasteiger charge is 2.10. The van der Waals surface area contributed by atoms with Crippen molar-refractivity contribution in [2.24, 2.45) is 5.73 Å². The molecule has 0 spiro atoms. The highest BCUT2D eigenvalue weighted by Crippen LogP contribution is 2.28. The summed E-state index contributed by atoms with van der Waals surface area (Å²) in [7, 11) is -1.82. The van der Waals surface area contributed by atoms with Crippen LogP contribution in [0.3, 0.4) is 0 Å². The van der Waals surface area contributed by atoms with Gasteiger partial charge in [-0.3, -0.25) is 4.72 Å². The van der Waals surface area contributed by atoms with Crippen molar-refractivity contribution in [2.45, 2.75) is 0 Å². The summed E-state index contributed by atoms with van der Waals surface area (Å²) in [6.45, 7) is 0.0899. The SMILES string of the molecule is COc1ccc(NS(=O)(=O)CCN)cc1Br. The molecule has 1 aromatic carbocycles. The van der Waals surface area contributed by atoms with Crippen molar-refractivity contribution in [2.75, 3.05) is 24.1 Å². The monoisotopic (exact) mass is 308 g/mol. The van der Waals surface area contributed by atoms with Crippen LogP contribution in [0.1, 0.15) is 0 Å². The molecule has 0 amide bonds. The number of rotatable bonds is 5. The van der Waals surface area contributed by atoms with Gasteiger partial charge in [-0.05, 0) is 34.1 Å². The summed E-state index contributed by atoms with van der Waals surface area (Å²) >= 11 is 3.27. The summed E-state index contributed by atoms with van der Waals surface area (Å²) < 4.78 is 31.0. The van der Waals surface area contributed by atoms with E-state index in [2.05, 4.69) is 20.7 Å². The lowest BCUT2D eigenvalue weighted by molar-refractivity contribution is 0.412. The molecule has 0 aliphatic carbocycles. The van der Waals surface area contributed by atoms with Crippen molar-refractivity contribution in [3.05, 3.63) is 22.7 Å². The molecule has 0 bridgehead atoms. The maximum Gasteiger partial charge on any atom is 0.233 e. The van der Waals surface area contributed by atoms with Gasteiger partial charge in [0.25, 0.3) is 0 Å². The fourth-order valence-electron chi connectivity index (χ4n) is 1.12. The Morgan fingerprint density at radius 3 is 2.69 bits per heavy atom. The van der Waals surface area contributed by atoms with Gasteiger partial charge in [0.15, 0.2) is 0 Å². The van der Waals surface area contributed by atoms with E-state index in [1.165, 1.54) is 0 Å². The topological polar surface area (TPSA) is 81.4 Å². The van der Waals surface area contributed by atoms with Crippen molar-refractivity contribution in [1.82, 2.24) is 0 Å². The molecular weight excluding hydrogens is 296 g/mol. The number of halogens is 1. The van der Waals surface area contributed by atoms with E-state index in [-0.39, 0.29) is 12.3 Å². The first kappa shape index (κ1) is 13.3. The van der Waals surface area contributed by atoms with Crippen molar-refractivity contribution >= 4 is 31.6 Å². The fourth-order valence-corrected chi connectivity index (χ4v) is 2.55. The van der Waals surface area contributed by atoms with Crippen LogP contribution in [0, 0.1) is 0 Å². The zero-order valence-corrected chi connectivity index (χ0v) is 11.1. The molecule has 0 aromatic heterocycles. The van der Waals surface area contributed by atoms with E-state index in [0.717, 1.165) is 0 Å². The van der Waals surface area contributed by atoms with Gasteiger partial charge in [0.1, 0.15) is 5.75 Å². The molecule has 1 aromatic rings. The fraction of sp³-hybridized carbons (Fsp3) is 0.333. The van der Waals surface area contributed by atoms with E-state index in [0.29, 0.717) is 15.9 Å². The smallest absolute Gasteiger partial charge is 0.233 e. The first-order valence-corrected chi connectivity index (χ1v) is 6.97. The lowest BCUT2D eigenvalue weighted by Gasteiger charge is -2.09. The summed E-state index contributed by atoms with van der Waals surface area (Å²) in [4.78, 5) is 0. The van der Waals surface area contributed by atoms with Gasteiger partial charge in [-0.15, -0.1) is 0 Å². The number of nitrogens with one attached hydrogen (secondary N) is 1. The first-order valence-electron chi connectivity index (χ1n) is 4.52. The number of anilines is 1. The van der Waals surface area contributed by atoms with Gasteiger partial charge in [-0.2, -0.15) is 0 Å². The Hall–Kier alpha value is -0.790. The average molecular weight is 309 g/mol. The van der Waals surface area contributed by atoms with Gasteiger partial charge in [-0.1, -0.05) is 0 Å². The Kier molecular flexibility index (Phi) is 4.57. The highest BCUT2D eigenvalue weighted by atomic mass is 79.9. The molecule has 1 rings (SSSR count). The van der Waals surface area contributed by atoms with Gasteiger partial charge in [0, 0.05) is 12.2 Å². The maximum atomic E-state index is 11.4. The highest BCUT2D eigenvalue weighted by molar-refractivity contribution is 9.10. The Balaban J connectivity index is 2.87. The van der Waals surface area contributed by atoms with Crippen LogP contribution in [0.25, 0.3) is 0 Å². The molecule has 0 radical (unpaired) electrons. The minimum atomic E-state index is -3.36. The van der Waals surface area contributed by atoms with Crippen LogP contribution in [0.5, 0.6) is 5.75 Å².